The molecule has 0 aromatic heterocycles. The minimum absolute atomic E-state index is 0.156. The summed E-state index contributed by atoms with van der Waals surface area (Å²) in [5, 5.41) is 4.62. The third-order valence-corrected chi connectivity index (χ3v) is 5.55. The first-order valence-corrected chi connectivity index (χ1v) is 10.2. The minimum atomic E-state index is -0.467. The maximum absolute atomic E-state index is 13.3. The summed E-state index contributed by atoms with van der Waals surface area (Å²) in [5.74, 6) is -0.785. The summed E-state index contributed by atoms with van der Waals surface area (Å²) in [5.41, 5.74) is 6.44. The third-order valence-electron chi connectivity index (χ3n) is 5.55. The number of amides is 2. The Balaban J connectivity index is 1.55. The summed E-state index contributed by atoms with van der Waals surface area (Å²) in [4.78, 5) is 28.3. The van der Waals surface area contributed by atoms with Crippen LogP contribution in [0.25, 0.3) is 11.1 Å². The molecule has 0 saturated carbocycles. The Morgan fingerprint density at radius 3 is 2.60 bits per heavy atom. The highest BCUT2D eigenvalue weighted by molar-refractivity contribution is 6.06. The molecule has 2 aromatic rings. The Labute approximate surface area is 176 Å². The molecule has 6 heteroatoms. The predicted octanol–water partition coefficient (Wildman–Crippen LogP) is 3.16. The van der Waals surface area contributed by atoms with E-state index in [-0.39, 0.29) is 17.7 Å². The minimum Gasteiger partial charge on any atom is -0.361 e. The molecule has 154 valence electrons. The Hall–Kier alpha value is -3.38. The summed E-state index contributed by atoms with van der Waals surface area (Å²) in [7, 11) is 0. The number of nitrogens with zero attached hydrogens (tertiary/aromatic N) is 2. The van der Waals surface area contributed by atoms with Gasteiger partial charge in [0.2, 0.25) is 0 Å². The molecule has 6 nitrogen and oxygen atoms in total. The molecule has 0 fully saturated rings. The molecule has 30 heavy (non-hydrogen) atoms. The van der Waals surface area contributed by atoms with Crippen LogP contribution < -0.4 is 15.8 Å². The first-order valence-electron chi connectivity index (χ1n) is 10.2. The van der Waals surface area contributed by atoms with Crippen molar-refractivity contribution in [3.63, 3.8) is 0 Å². The zero-order valence-electron chi connectivity index (χ0n) is 17.2. The Morgan fingerprint density at radius 1 is 1.10 bits per heavy atom. The second kappa shape index (κ2) is 8.55. The van der Waals surface area contributed by atoms with Crippen molar-refractivity contribution in [3.8, 4) is 11.1 Å². The van der Waals surface area contributed by atoms with Crippen molar-refractivity contribution in [2.24, 2.45) is 0 Å². The van der Waals surface area contributed by atoms with E-state index in [4.69, 9.17) is 0 Å². The molecule has 0 bridgehead atoms. The molecule has 2 N–H and O–H groups in total. The van der Waals surface area contributed by atoms with Crippen molar-refractivity contribution in [2.75, 3.05) is 18.2 Å². The van der Waals surface area contributed by atoms with Crippen molar-refractivity contribution >= 4 is 17.5 Å². The molecule has 4 rings (SSSR count). The lowest BCUT2D eigenvalue weighted by molar-refractivity contribution is -0.127. The quantitative estimate of drug-likeness (QED) is 0.806. The molecular weight excluding hydrogens is 376 g/mol. The van der Waals surface area contributed by atoms with Crippen LogP contribution >= 0.6 is 0 Å². The van der Waals surface area contributed by atoms with Gasteiger partial charge in [0, 0.05) is 18.3 Å². The molecule has 0 spiro atoms. The first kappa shape index (κ1) is 19.9. The van der Waals surface area contributed by atoms with E-state index >= 15 is 0 Å². The average molecular weight is 402 g/mol. The summed E-state index contributed by atoms with van der Waals surface area (Å²) >= 11 is 0. The number of allylic oxidation sites excluding steroid dienone is 2. The van der Waals surface area contributed by atoms with E-state index in [2.05, 4.69) is 21.7 Å². The van der Waals surface area contributed by atoms with E-state index < -0.39 is 6.04 Å². The van der Waals surface area contributed by atoms with Gasteiger partial charge < -0.3 is 4.90 Å². The molecule has 0 aliphatic carbocycles. The standard InChI is InChI=1S/C24H26N4O2/c1-17-19-10-4-5-11-20(19)21-12-6-7-13-22(21)28(24(17)30)26-23(29)18(2)25-16-27-14-8-3-9-15-27/h3-14,17-18,25H,15-16H2,1-2H3,(H,26,29)/t17?,18-/m0/s1. The number of hydrazine groups is 1. The summed E-state index contributed by atoms with van der Waals surface area (Å²) < 4.78 is 0. The number of anilines is 1. The molecule has 2 atom stereocenters. The fraction of sp³-hybridized carbons (Fsp3) is 0.250. The largest absolute Gasteiger partial charge is 0.361 e. The number of hydrogen-bond donors (Lipinski definition) is 2. The van der Waals surface area contributed by atoms with Crippen LogP contribution in [-0.2, 0) is 9.59 Å². The van der Waals surface area contributed by atoms with Crippen molar-refractivity contribution in [2.45, 2.75) is 25.8 Å². The Kier molecular flexibility index (Phi) is 5.68. The number of rotatable bonds is 5. The van der Waals surface area contributed by atoms with Gasteiger partial charge in [0.25, 0.3) is 11.8 Å². The fourth-order valence-electron chi connectivity index (χ4n) is 3.76. The molecular formula is C24H26N4O2. The summed E-state index contributed by atoms with van der Waals surface area (Å²) in [6.45, 7) is 5.02. The fourth-order valence-corrected chi connectivity index (χ4v) is 3.76. The average Bonchev–Trinajstić information content (AvgIpc) is 2.88. The van der Waals surface area contributed by atoms with E-state index in [1.807, 2.05) is 73.8 Å². The number of hydrogen-bond acceptors (Lipinski definition) is 4. The van der Waals surface area contributed by atoms with Crippen LogP contribution in [0.4, 0.5) is 5.69 Å². The van der Waals surface area contributed by atoms with E-state index in [9.17, 15) is 9.59 Å². The van der Waals surface area contributed by atoms with Crippen molar-refractivity contribution < 1.29 is 9.59 Å². The van der Waals surface area contributed by atoms with Crippen molar-refractivity contribution in [1.29, 1.82) is 0 Å². The molecule has 2 aliphatic rings. The van der Waals surface area contributed by atoms with Gasteiger partial charge in [0.15, 0.2) is 0 Å². The van der Waals surface area contributed by atoms with E-state index in [1.54, 1.807) is 6.92 Å². The van der Waals surface area contributed by atoms with Gasteiger partial charge in [-0.05, 0) is 37.1 Å². The summed E-state index contributed by atoms with van der Waals surface area (Å²) in [6, 6.07) is 15.1. The van der Waals surface area contributed by atoms with Crippen LogP contribution in [0.15, 0.2) is 73.0 Å². The van der Waals surface area contributed by atoms with E-state index in [0.717, 1.165) is 23.2 Å². The lowest BCUT2D eigenvalue weighted by Gasteiger charge is -2.28. The van der Waals surface area contributed by atoms with Gasteiger partial charge in [0.05, 0.1) is 24.3 Å². The SMILES string of the molecule is CC1C(=O)N(NC(=O)[C@H](C)NCN2C=CC=CC2)c2ccccc2-c2ccccc21. The van der Waals surface area contributed by atoms with Crippen molar-refractivity contribution in [3.05, 3.63) is 78.5 Å². The zero-order valence-corrected chi connectivity index (χ0v) is 17.2. The van der Waals surface area contributed by atoms with Crippen LogP contribution in [0.3, 0.4) is 0 Å². The monoisotopic (exact) mass is 402 g/mol. The number of para-hydroxylation sites is 1. The topological polar surface area (TPSA) is 64.7 Å². The van der Waals surface area contributed by atoms with Gasteiger partial charge >= 0.3 is 0 Å². The number of nitrogens with one attached hydrogen (secondary N) is 2. The summed E-state index contributed by atoms with van der Waals surface area (Å²) in [6.07, 6.45) is 7.99. The van der Waals surface area contributed by atoms with Crippen LogP contribution in [0.5, 0.6) is 0 Å². The van der Waals surface area contributed by atoms with Crippen LogP contribution in [0.1, 0.15) is 25.3 Å². The lowest BCUT2D eigenvalue weighted by atomic mass is 9.92. The highest BCUT2D eigenvalue weighted by Crippen LogP contribution is 2.39. The van der Waals surface area contributed by atoms with Gasteiger partial charge in [-0.25, -0.2) is 5.01 Å². The highest BCUT2D eigenvalue weighted by Gasteiger charge is 2.32. The Bertz CT molecular complexity index is 1010. The molecule has 0 radical (unpaired) electrons. The number of benzene rings is 2. The number of fused-ring (bicyclic) bond motifs is 3. The highest BCUT2D eigenvalue weighted by atomic mass is 16.2. The van der Waals surface area contributed by atoms with Crippen LogP contribution in [0.2, 0.25) is 0 Å². The number of carbonyl (C=O) groups is 2. The van der Waals surface area contributed by atoms with E-state index in [0.29, 0.717) is 12.4 Å². The molecule has 2 amide bonds. The maximum Gasteiger partial charge on any atom is 0.255 e. The number of carbonyl (C=O) groups excluding carboxylic acids is 2. The van der Waals surface area contributed by atoms with E-state index in [1.165, 1.54) is 5.01 Å². The van der Waals surface area contributed by atoms with Gasteiger partial charge in [-0.3, -0.25) is 20.3 Å². The molecule has 2 aliphatic heterocycles. The smallest absolute Gasteiger partial charge is 0.255 e. The zero-order chi connectivity index (χ0) is 21.1. The third kappa shape index (κ3) is 3.86. The van der Waals surface area contributed by atoms with Gasteiger partial charge in [-0.1, -0.05) is 54.6 Å². The molecule has 1 unspecified atom stereocenters. The normalized spacial score (nSPS) is 18.5. The molecule has 2 aromatic carbocycles. The van der Waals surface area contributed by atoms with Gasteiger partial charge in [0.1, 0.15) is 0 Å². The van der Waals surface area contributed by atoms with Gasteiger partial charge in [-0.15, -0.1) is 0 Å². The van der Waals surface area contributed by atoms with Gasteiger partial charge in [-0.2, -0.15) is 0 Å². The lowest BCUT2D eigenvalue weighted by Crippen LogP contribution is -2.54. The van der Waals surface area contributed by atoms with Crippen LogP contribution in [-0.4, -0.2) is 36.0 Å². The molecule has 0 saturated heterocycles. The van der Waals surface area contributed by atoms with Crippen LogP contribution in [0, 0.1) is 0 Å². The second-order valence-corrected chi connectivity index (χ2v) is 7.60. The maximum atomic E-state index is 13.3. The predicted molar refractivity (Wildman–Crippen MR) is 118 cm³/mol. The molecule has 2 heterocycles. The van der Waals surface area contributed by atoms with Crippen molar-refractivity contribution in [1.82, 2.24) is 15.6 Å². The first-order chi connectivity index (χ1) is 14.6. The second-order valence-electron chi connectivity index (χ2n) is 7.60. The Morgan fingerprint density at radius 2 is 1.83 bits per heavy atom.